The van der Waals surface area contributed by atoms with E-state index in [0.717, 1.165) is 6.42 Å². The highest BCUT2D eigenvalue weighted by atomic mass is 16.4. The number of carboxylic acid groups (broad SMARTS) is 1. The Kier molecular flexibility index (Phi) is 3.55. The molecule has 1 rings (SSSR count). The van der Waals surface area contributed by atoms with E-state index in [1.165, 1.54) is 0 Å². The summed E-state index contributed by atoms with van der Waals surface area (Å²) in [5, 5.41) is 11.7. The molecular formula is C10H18N2O3. The maximum absolute atomic E-state index is 11.5. The van der Waals surface area contributed by atoms with Crippen LogP contribution in [0.15, 0.2) is 0 Å². The van der Waals surface area contributed by atoms with Crippen molar-refractivity contribution in [3.8, 4) is 0 Å². The third-order valence-corrected chi connectivity index (χ3v) is 2.80. The van der Waals surface area contributed by atoms with E-state index >= 15 is 0 Å². The third kappa shape index (κ3) is 2.61. The average molecular weight is 214 g/mol. The maximum atomic E-state index is 11.5. The Morgan fingerprint density at radius 3 is 2.67 bits per heavy atom. The monoisotopic (exact) mass is 214 g/mol. The predicted octanol–water partition coefficient (Wildman–Crippen LogP) is 0.903. The van der Waals surface area contributed by atoms with E-state index in [1.807, 2.05) is 6.92 Å². The number of urea groups is 1. The molecule has 0 aliphatic carbocycles. The average Bonchev–Trinajstić information content (AvgIpc) is 2.59. The Bertz CT molecular complexity index is 267. The molecule has 1 unspecified atom stereocenters. The molecule has 1 heterocycles. The molecule has 1 aliphatic rings. The van der Waals surface area contributed by atoms with Crippen LogP contribution in [0.2, 0.25) is 0 Å². The molecule has 1 saturated heterocycles. The first kappa shape index (κ1) is 11.8. The van der Waals surface area contributed by atoms with Gasteiger partial charge in [0.25, 0.3) is 0 Å². The van der Waals surface area contributed by atoms with E-state index in [2.05, 4.69) is 5.32 Å². The number of amides is 2. The van der Waals surface area contributed by atoms with Gasteiger partial charge in [-0.05, 0) is 19.8 Å². The van der Waals surface area contributed by atoms with Crippen molar-refractivity contribution in [2.75, 3.05) is 19.6 Å². The fourth-order valence-corrected chi connectivity index (χ4v) is 1.65. The number of carbonyl (C=O) groups is 2. The fraction of sp³-hybridized carbons (Fsp3) is 0.800. The minimum Gasteiger partial charge on any atom is -0.481 e. The highest BCUT2D eigenvalue weighted by Crippen LogP contribution is 2.29. The van der Waals surface area contributed by atoms with E-state index in [1.54, 1.807) is 11.8 Å². The molecule has 0 radical (unpaired) electrons. The van der Waals surface area contributed by atoms with Crippen molar-refractivity contribution < 1.29 is 14.7 Å². The summed E-state index contributed by atoms with van der Waals surface area (Å²) in [5.41, 5.74) is -0.774. The van der Waals surface area contributed by atoms with E-state index in [4.69, 9.17) is 5.11 Å². The van der Waals surface area contributed by atoms with Gasteiger partial charge in [0.05, 0.1) is 5.41 Å². The molecule has 0 spiro atoms. The van der Waals surface area contributed by atoms with Crippen LogP contribution in [0.3, 0.4) is 0 Å². The number of nitrogens with one attached hydrogen (secondary N) is 1. The van der Waals surface area contributed by atoms with Crippen molar-refractivity contribution in [1.29, 1.82) is 0 Å². The van der Waals surface area contributed by atoms with E-state index in [0.29, 0.717) is 26.1 Å². The predicted molar refractivity (Wildman–Crippen MR) is 55.6 cm³/mol. The molecule has 1 aliphatic heterocycles. The van der Waals surface area contributed by atoms with Crippen molar-refractivity contribution >= 4 is 12.0 Å². The molecule has 0 aromatic carbocycles. The van der Waals surface area contributed by atoms with Crippen LogP contribution in [-0.4, -0.2) is 41.6 Å². The number of rotatable bonds is 3. The lowest BCUT2D eigenvalue weighted by Gasteiger charge is -2.20. The second kappa shape index (κ2) is 4.51. The Morgan fingerprint density at radius 2 is 2.20 bits per heavy atom. The van der Waals surface area contributed by atoms with Gasteiger partial charge in [-0.3, -0.25) is 4.79 Å². The van der Waals surface area contributed by atoms with Crippen LogP contribution >= 0.6 is 0 Å². The minimum absolute atomic E-state index is 0.151. The SMILES string of the molecule is CCCNC(=O)N1CCC(C)(C(=O)O)C1. The smallest absolute Gasteiger partial charge is 0.317 e. The molecule has 0 bridgehead atoms. The summed E-state index contributed by atoms with van der Waals surface area (Å²) in [4.78, 5) is 24.1. The second-order valence-electron chi connectivity index (χ2n) is 4.27. The van der Waals surface area contributed by atoms with Crippen LogP contribution in [0.4, 0.5) is 4.79 Å². The van der Waals surface area contributed by atoms with Crippen LogP contribution in [0.1, 0.15) is 26.7 Å². The summed E-state index contributed by atoms with van der Waals surface area (Å²) in [6, 6.07) is -0.151. The Balaban J connectivity index is 2.49. The molecule has 1 atom stereocenters. The second-order valence-corrected chi connectivity index (χ2v) is 4.27. The fourth-order valence-electron chi connectivity index (χ4n) is 1.65. The molecule has 1 fully saturated rings. The van der Waals surface area contributed by atoms with Crippen molar-refractivity contribution in [3.05, 3.63) is 0 Å². The number of carbonyl (C=O) groups excluding carboxylic acids is 1. The summed E-state index contributed by atoms with van der Waals surface area (Å²) in [7, 11) is 0. The van der Waals surface area contributed by atoms with E-state index in [9.17, 15) is 9.59 Å². The summed E-state index contributed by atoms with van der Waals surface area (Å²) >= 11 is 0. The Morgan fingerprint density at radius 1 is 1.53 bits per heavy atom. The molecule has 5 heteroatoms. The van der Waals surface area contributed by atoms with Gasteiger partial charge in [0.2, 0.25) is 0 Å². The number of nitrogens with zero attached hydrogens (tertiary/aromatic N) is 1. The normalized spacial score (nSPS) is 25.3. The molecule has 0 aromatic rings. The van der Waals surface area contributed by atoms with Gasteiger partial charge >= 0.3 is 12.0 Å². The molecule has 0 aromatic heterocycles. The Labute approximate surface area is 89.4 Å². The highest BCUT2D eigenvalue weighted by molar-refractivity contribution is 5.79. The van der Waals surface area contributed by atoms with Crippen LogP contribution in [0, 0.1) is 5.41 Å². The van der Waals surface area contributed by atoms with Gasteiger partial charge in [-0.2, -0.15) is 0 Å². The molecule has 86 valence electrons. The third-order valence-electron chi connectivity index (χ3n) is 2.80. The number of aliphatic carboxylic acids is 1. The summed E-state index contributed by atoms with van der Waals surface area (Å²) < 4.78 is 0. The quantitative estimate of drug-likeness (QED) is 0.733. The van der Waals surface area contributed by atoms with E-state index in [-0.39, 0.29) is 6.03 Å². The van der Waals surface area contributed by atoms with Crippen LogP contribution in [0.5, 0.6) is 0 Å². The van der Waals surface area contributed by atoms with Gasteiger partial charge in [-0.1, -0.05) is 6.92 Å². The number of carboxylic acids is 1. The maximum Gasteiger partial charge on any atom is 0.317 e. The van der Waals surface area contributed by atoms with Gasteiger partial charge in [0.1, 0.15) is 0 Å². The number of likely N-dealkylation sites (tertiary alicyclic amines) is 1. The lowest BCUT2D eigenvalue weighted by atomic mass is 9.90. The largest absolute Gasteiger partial charge is 0.481 e. The van der Waals surface area contributed by atoms with Crippen LogP contribution in [0.25, 0.3) is 0 Å². The summed E-state index contributed by atoms with van der Waals surface area (Å²) in [6.07, 6.45) is 1.41. The van der Waals surface area contributed by atoms with Gasteiger partial charge in [0, 0.05) is 19.6 Å². The Hall–Kier alpha value is -1.26. The zero-order chi connectivity index (χ0) is 11.5. The van der Waals surface area contributed by atoms with Gasteiger partial charge in [0.15, 0.2) is 0 Å². The lowest BCUT2D eigenvalue weighted by molar-refractivity contribution is -0.146. The minimum atomic E-state index is -0.826. The first-order valence-corrected chi connectivity index (χ1v) is 5.26. The van der Waals surface area contributed by atoms with Gasteiger partial charge in [-0.25, -0.2) is 4.79 Å². The lowest BCUT2D eigenvalue weighted by Crippen LogP contribution is -2.41. The topological polar surface area (TPSA) is 69.6 Å². The zero-order valence-corrected chi connectivity index (χ0v) is 9.25. The summed E-state index contributed by atoms with van der Waals surface area (Å²) in [6.45, 7) is 5.13. The number of hydrogen-bond donors (Lipinski definition) is 2. The molecule has 5 nitrogen and oxygen atoms in total. The molecule has 15 heavy (non-hydrogen) atoms. The molecule has 2 amide bonds. The molecular weight excluding hydrogens is 196 g/mol. The van der Waals surface area contributed by atoms with Crippen molar-refractivity contribution in [1.82, 2.24) is 10.2 Å². The molecule has 0 saturated carbocycles. The van der Waals surface area contributed by atoms with E-state index < -0.39 is 11.4 Å². The number of hydrogen-bond acceptors (Lipinski definition) is 2. The van der Waals surface area contributed by atoms with Gasteiger partial charge in [-0.15, -0.1) is 0 Å². The first-order chi connectivity index (χ1) is 6.99. The zero-order valence-electron chi connectivity index (χ0n) is 9.25. The van der Waals surface area contributed by atoms with Crippen LogP contribution in [-0.2, 0) is 4.79 Å². The highest BCUT2D eigenvalue weighted by Gasteiger charge is 2.41. The van der Waals surface area contributed by atoms with Crippen molar-refractivity contribution in [3.63, 3.8) is 0 Å². The van der Waals surface area contributed by atoms with Crippen LogP contribution < -0.4 is 5.32 Å². The van der Waals surface area contributed by atoms with Gasteiger partial charge < -0.3 is 15.3 Å². The van der Waals surface area contributed by atoms with Crippen molar-refractivity contribution in [2.24, 2.45) is 5.41 Å². The first-order valence-electron chi connectivity index (χ1n) is 5.26. The molecule has 2 N–H and O–H groups in total. The summed E-state index contributed by atoms with van der Waals surface area (Å²) in [5.74, 6) is -0.826. The van der Waals surface area contributed by atoms with Crippen molar-refractivity contribution in [2.45, 2.75) is 26.7 Å². The standard InChI is InChI=1S/C10H18N2O3/c1-3-5-11-9(15)12-6-4-10(2,7-12)8(13)14/h3-7H2,1-2H3,(H,11,15)(H,13,14).